The van der Waals surface area contributed by atoms with Crippen molar-refractivity contribution in [2.24, 2.45) is 5.92 Å². The highest BCUT2D eigenvalue weighted by Gasteiger charge is 2.60. The molecule has 0 saturated carbocycles. The van der Waals surface area contributed by atoms with E-state index in [0.717, 1.165) is 6.92 Å². The van der Waals surface area contributed by atoms with Gasteiger partial charge in [0.25, 0.3) is 0 Å². The maximum Gasteiger partial charge on any atom is 0.453 e. The fraction of sp³-hybridized carbons (Fsp3) is 1.00. The normalized spacial score (nSPS) is 15.9. The standard InChI is InChI=1S/C8H13F5/c1-3-4-5-6(2)7(9,10)8(11,12)13/h6H,3-5H2,1-2H3. The van der Waals surface area contributed by atoms with Gasteiger partial charge in [-0.3, -0.25) is 0 Å². The predicted octanol–water partition coefficient (Wildman–Crippen LogP) is 4.01. The number of halogens is 5. The molecule has 0 aromatic carbocycles. The van der Waals surface area contributed by atoms with Crippen LogP contribution in [0.15, 0.2) is 0 Å². The van der Waals surface area contributed by atoms with Gasteiger partial charge in [0.05, 0.1) is 0 Å². The summed E-state index contributed by atoms with van der Waals surface area (Å²) in [6.45, 7) is 2.68. The van der Waals surface area contributed by atoms with Gasteiger partial charge in [0.15, 0.2) is 0 Å². The van der Waals surface area contributed by atoms with E-state index in [2.05, 4.69) is 0 Å². The number of hydrogen-bond acceptors (Lipinski definition) is 0. The summed E-state index contributed by atoms with van der Waals surface area (Å²) in [4.78, 5) is 0. The molecule has 0 heterocycles. The third-order valence-corrected chi connectivity index (χ3v) is 1.99. The average Bonchev–Trinajstić information content (AvgIpc) is 1.97. The lowest BCUT2D eigenvalue weighted by Crippen LogP contribution is -2.42. The zero-order valence-electron chi connectivity index (χ0n) is 7.59. The van der Waals surface area contributed by atoms with Crippen molar-refractivity contribution < 1.29 is 22.0 Å². The van der Waals surface area contributed by atoms with Gasteiger partial charge in [0, 0.05) is 5.92 Å². The van der Waals surface area contributed by atoms with Gasteiger partial charge in [0.2, 0.25) is 0 Å². The molecule has 0 fully saturated rings. The van der Waals surface area contributed by atoms with Gasteiger partial charge < -0.3 is 0 Å². The molecule has 0 aliphatic carbocycles. The number of unbranched alkanes of at least 4 members (excludes halogenated alkanes) is 1. The van der Waals surface area contributed by atoms with Crippen LogP contribution in [0.3, 0.4) is 0 Å². The van der Waals surface area contributed by atoms with Crippen LogP contribution in [0.25, 0.3) is 0 Å². The van der Waals surface area contributed by atoms with Gasteiger partial charge in [-0.2, -0.15) is 22.0 Å². The summed E-state index contributed by atoms with van der Waals surface area (Å²) in [6.07, 6.45) is -4.49. The summed E-state index contributed by atoms with van der Waals surface area (Å²) < 4.78 is 60.3. The Morgan fingerprint density at radius 2 is 1.54 bits per heavy atom. The van der Waals surface area contributed by atoms with Crippen LogP contribution in [0.4, 0.5) is 22.0 Å². The first kappa shape index (κ1) is 12.7. The molecule has 0 aliphatic rings. The first-order valence-electron chi connectivity index (χ1n) is 4.18. The van der Waals surface area contributed by atoms with Crippen molar-refractivity contribution in [2.45, 2.75) is 45.2 Å². The molecule has 0 spiro atoms. The largest absolute Gasteiger partial charge is 0.453 e. The van der Waals surface area contributed by atoms with Crippen molar-refractivity contribution in [3.63, 3.8) is 0 Å². The van der Waals surface area contributed by atoms with Crippen LogP contribution in [0.2, 0.25) is 0 Å². The van der Waals surface area contributed by atoms with E-state index in [1.165, 1.54) is 0 Å². The Morgan fingerprint density at radius 1 is 1.08 bits per heavy atom. The van der Waals surface area contributed by atoms with Gasteiger partial charge >= 0.3 is 12.1 Å². The second-order valence-corrected chi connectivity index (χ2v) is 3.16. The van der Waals surface area contributed by atoms with E-state index in [1.807, 2.05) is 0 Å². The summed E-state index contributed by atoms with van der Waals surface area (Å²) in [7, 11) is 0. The molecule has 5 heteroatoms. The van der Waals surface area contributed by atoms with E-state index < -0.39 is 18.0 Å². The summed E-state index contributed by atoms with van der Waals surface area (Å²) in [5, 5.41) is 0. The summed E-state index contributed by atoms with van der Waals surface area (Å²) in [6, 6.07) is 0. The van der Waals surface area contributed by atoms with Crippen molar-refractivity contribution >= 4 is 0 Å². The van der Waals surface area contributed by atoms with E-state index in [0.29, 0.717) is 12.8 Å². The van der Waals surface area contributed by atoms with Crippen molar-refractivity contribution in [3.8, 4) is 0 Å². The third kappa shape index (κ3) is 3.12. The Hall–Kier alpha value is -0.350. The van der Waals surface area contributed by atoms with Crippen molar-refractivity contribution in [3.05, 3.63) is 0 Å². The van der Waals surface area contributed by atoms with Crippen molar-refractivity contribution in [2.75, 3.05) is 0 Å². The number of rotatable bonds is 4. The highest BCUT2D eigenvalue weighted by molar-refractivity contribution is 4.81. The molecule has 0 aliphatic heterocycles. The van der Waals surface area contributed by atoms with Gasteiger partial charge in [-0.15, -0.1) is 0 Å². The van der Waals surface area contributed by atoms with Crippen LogP contribution in [0.5, 0.6) is 0 Å². The number of hydrogen-bond donors (Lipinski definition) is 0. The van der Waals surface area contributed by atoms with Gasteiger partial charge in [-0.05, 0) is 6.42 Å². The van der Waals surface area contributed by atoms with E-state index >= 15 is 0 Å². The van der Waals surface area contributed by atoms with Crippen LogP contribution in [-0.4, -0.2) is 12.1 Å². The molecule has 1 atom stereocenters. The molecule has 0 N–H and O–H groups in total. The fourth-order valence-electron chi connectivity index (χ4n) is 0.971. The topological polar surface area (TPSA) is 0 Å². The SMILES string of the molecule is CCCCC(C)C(F)(F)C(F)(F)F. The molecule has 0 aromatic rings. The highest BCUT2D eigenvalue weighted by atomic mass is 19.4. The molecule has 0 aromatic heterocycles. The summed E-state index contributed by atoms with van der Waals surface area (Å²) >= 11 is 0. The molecule has 0 nitrogen and oxygen atoms in total. The second kappa shape index (κ2) is 4.24. The fourth-order valence-corrected chi connectivity index (χ4v) is 0.971. The lowest BCUT2D eigenvalue weighted by molar-refractivity contribution is -0.301. The lowest BCUT2D eigenvalue weighted by Gasteiger charge is -2.25. The first-order valence-corrected chi connectivity index (χ1v) is 4.18. The molecule has 0 bridgehead atoms. The molecule has 0 radical (unpaired) electrons. The Kier molecular flexibility index (Phi) is 4.13. The highest BCUT2D eigenvalue weighted by Crippen LogP contribution is 2.42. The summed E-state index contributed by atoms with van der Waals surface area (Å²) in [5.74, 6) is -6.19. The van der Waals surface area contributed by atoms with Gasteiger partial charge in [0.1, 0.15) is 0 Å². The van der Waals surface area contributed by atoms with Crippen molar-refractivity contribution in [1.82, 2.24) is 0 Å². The van der Waals surface area contributed by atoms with Crippen LogP contribution >= 0.6 is 0 Å². The Bertz CT molecular complexity index is 149. The Labute approximate surface area is 74.1 Å². The molecule has 1 unspecified atom stereocenters. The van der Waals surface area contributed by atoms with Gasteiger partial charge in [-0.25, -0.2) is 0 Å². The van der Waals surface area contributed by atoms with Crippen LogP contribution in [-0.2, 0) is 0 Å². The molecule has 13 heavy (non-hydrogen) atoms. The maximum atomic E-state index is 12.5. The average molecular weight is 204 g/mol. The van der Waals surface area contributed by atoms with Gasteiger partial charge in [-0.1, -0.05) is 26.7 Å². The van der Waals surface area contributed by atoms with Crippen LogP contribution in [0, 0.1) is 5.92 Å². The monoisotopic (exact) mass is 204 g/mol. The van der Waals surface area contributed by atoms with E-state index in [4.69, 9.17) is 0 Å². The van der Waals surface area contributed by atoms with E-state index in [9.17, 15) is 22.0 Å². The smallest absolute Gasteiger partial charge is 0.196 e. The zero-order valence-corrected chi connectivity index (χ0v) is 7.59. The summed E-state index contributed by atoms with van der Waals surface area (Å²) in [5.41, 5.74) is 0. The zero-order chi connectivity index (χ0) is 10.7. The minimum Gasteiger partial charge on any atom is -0.196 e. The number of alkyl halides is 5. The van der Waals surface area contributed by atoms with Crippen LogP contribution < -0.4 is 0 Å². The van der Waals surface area contributed by atoms with E-state index in [1.54, 1.807) is 6.92 Å². The minimum absolute atomic E-state index is 0.0942. The minimum atomic E-state index is -5.42. The molecule has 0 rings (SSSR count). The van der Waals surface area contributed by atoms with Crippen LogP contribution in [0.1, 0.15) is 33.1 Å². The molecule has 80 valence electrons. The third-order valence-electron chi connectivity index (χ3n) is 1.99. The molecular formula is C8H13F5. The molecule has 0 amide bonds. The predicted molar refractivity (Wildman–Crippen MR) is 39.7 cm³/mol. The van der Waals surface area contributed by atoms with E-state index in [-0.39, 0.29) is 6.42 Å². The lowest BCUT2D eigenvalue weighted by atomic mass is 9.97. The first-order chi connectivity index (χ1) is 5.73. The maximum absolute atomic E-state index is 12.5. The molecule has 0 saturated heterocycles. The second-order valence-electron chi connectivity index (χ2n) is 3.16. The Morgan fingerprint density at radius 3 is 1.85 bits per heavy atom. The Balaban J connectivity index is 4.27. The molecular weight excluding hydrogens is 191 g/mol. The quantitative estimate of drug-likeness (QED) is 0.607. The van der Waals surface area contributed by atoms with Crippen molar-refractivity contribution in [1.29, 1.82) is 0 Å².